The molecule has 148 valence electrons. The molecule has 0 bridgehead atoms. The van der Waals surface area contributed by atoms with Crippen LogP contribution in [0.2, 0.25) is 0 Å². The number of rotatable bonds is 3. The first-order chi connectivity index (χ1) is 13.0. The molecule has 0 aliphatic heterocycles. The van der Waals surface area contributed by atoms with Crippen molar-refractivity contribution in [2.75, 3.05) is 0 Å². The fraction of sp³-hybridized carbons (Fsp3) is 0.444. The number of aromatic nitrogens is 1. The molecule has 0 unspecified atom stereocenters. The maximum atomic E-state index is 4.96. The Bertz CT molecular complexity index is 937. The third-order valence-corrected chi connectivity index (χ3v) is 6.05. The second-order valence-corrected chi connectivity index (χ2v) is 10.3. The summed E-state index contributed by atoms with van der Waals surface area (Å²) in [6, 6.07) is 20.0. The van der Waals surface area contributed by atoms with Crippen molar-refractivity contribution in [1.29, 1.82) is 0 Å². The molecule has 1 heteroatoms. The molecule has 0 spiro atoms. The summed E-state index contributed by atoms with van der Waals surface area (Å²) in [5, 5.41) is 1.20. The zero-order valence-corrected chi connectivity index (χ0v) is 18.8. The van der Waals surface area contributed by atoms with E-state index in [2.05, 4.69) is 110 Å². The number of fused-ring (bicyclic) bond motifs is 1. The highest BCUT2D eigenvalue weighted by Crippen LogP contribution is 2.37. The molecule has 0 radical (unpaired) electrons. The van der Waals surface area contributed by atoms with Crippen molar-refractivity contribution in [1.82, 2.24) is 4.98 Å². The highest BCUT2D eigenvalue weighted by Gasteiger charge is 2.24. The molecule has 0 aliphatic carbocycles. The summed E-state index contributed by atoms with van der Waals surface area (Å²) in [5.41, 5.74) is 6.78. The quantitative estimate of drug-likeness (QED) is 0.457. The summed E-state index contributed by atoms with van der Waals surface area (Å²) in [4.78, 5) is 4.96. The molecule has 0 amide bonds. The summed E-state index contributed by atoms with van der Waals surface area (Å²) in [5.74, 6) is 0.754. The molecule has 2 aromatic carbocycles. The molecule has 0 N–H and O–H groups in total. The first kappa shape index (κ1) is 20.6. The van der Waals surface area contributed by atoms with Gasteiger partial charge in [-0.3, -0.25) is 4.98 Å². The van der Waals surface area contributed by atoms with Crippen molar-refractivity contribution in [3.05, 3.63) is 77.0 Å². The standard InChI is InChI=1S/C27H35N/c1-18(19(2)24-14-13-20-11-9-10-12-25(20)28-24)21-15-22(26(3,4)5)17-23(16-21)27(6,7)8/h9-19H,1-8H3/t18-,19-/m0/s1. The minimum atomic E-state index is 0.139. The molecule has 28 heavy (non-hydrogen) atoms. The first-order valence-corrected chi connectivity index (χ1v) is 10.5. The van der Waals surface area contributed by atoms with Gasteiger partial charge in [-0.1, -0.05) is 97.9 Å². The number of benzene rings is 2. The van der Waals surface area contributed by atoms with E-state index >= 15 is 0 Å². The Kier molecular flexibility index (Phi) is 5.40. The van der Waals surface area contributed by atoms with Gasteiger partial charge in [-0.05, 0) is 45.6 Å². The first-order valence-electron chi connectivity index (χ1n) is 10.5. The van der Waals surface area contributed by atoms with Gasteiger partial charge in [-0.2, -0.15) is 0 Å². The fourth-order valence-corrected chi connectivity index (χ4v) is 3.66. The van der Waals surface area contributed by atoms with Gasteiger partial charge >= 0.3 is 0 Å². The average molecular weight is 374 g/mol. The second-order valence-electron chi connectivity index (χ2n) is 10.3. The number of nitrogens with zero attached hydrogens (tertiary/aromatic N) is 1. The van der Waals surface area contributed by atoms with E-state index in [0.29, 0.717) is 11.8 Å². The van der Waals surface area contributed by atoms with Gasteiger partial charge in [-0.15, -0.1) is 0 Å². The largest absolute Gasteiger partial charge is 0.253 e. The Hall–Kier alpha value is -2.15. The molecule has 1 nitrogen and oxygen atoms in total. The van der Waals surface area contributed by atoms with Gasteiger partial charge in [0.15, 0.2) is 0 Å². The minimum absolute atomic E-state index is 0.139. The molecule has 2 atom stereocenters. The molecule has 0 saturated heterocycles. The van der Waals surface area contributed by atoms with Crippen LogP contribution in [0.1, 0.15) is 89.6 Å². The molecular formula is C27H35N. The van der Waals surface area contributed by atoms with Gasteiger partial charge in [0.25, 0.3) is 0 Å². The van der Waals surface area contributed by atoms with Crippen molar-refractivity contribution >= 4 is 10.9 Å². The number of para-hydroxylation sites is 1. The number of pyridine rings is 1. The highest BCUT2D eigenvalue weighted by atomic mass is 14.7. The van der Waals surface area contributed by atoms with Crippen molar-refractivity contribution in [2.24, 2.45) is 0 Å². The van der Waals surface area contributed by atoms with Gasteiger partial charge in [0.1, 0.15) is 0 Å². The zero-order chi connectivity index (χ0) is 20.7. The second kappa shape index (κ2) is 7.35. The number of hydrogen-bond donors (Lipinski definition) is 0. The van der Waals surface area contributed by atoms with Gasteiger partial charge < -0.3 is 0 Å². The van der Waals surface area contributed by atoms with Crippen LogP contribution in [0.3, 0.4) is 0 Å². The van der Waals surface area contributed by atoms with E-state index in [1.165, 1.54) is 27.8 Å². The van der Waals surface area contributed by atoms with Crippen LogP contribution in [0.15, 0.2) is 54.6 Å². The molecule has 3 rings (SSSR count). The van der Waals surface area contributed by atoms with Crippen molar-refractivity contribution in [3.63, 3.8) is 0 Å². The van der Waals surface area contributed by atoms with Crippen LogP contribution >= 0.6 is 0 Å². The summed E-state index contributed by atoms with van der Waals surface area (Å²) in [7, 11) is 0. The SMILES string of the molecule is C[C@H](c1cc(C(C)(C)C)cc(C(C)(C)C)c1)[C@H](C)c1ccc2ccccc2n1. The molecule has 1 heterocycles. The van der Waals surface area contributed by atoms with E-state index in [-0.39, 0.29) is 10.8 Å². The third kappa shape index (κ3) is 4.29. The molecule has 1 aromatic heterocycles. The molecule has 3 aromatic rings. The van der Waals surface area contributed by atoms with Crippen LogP contribution in [-0.4, -0.2) is 4.98 Å². The number of hydrogen-bond acceptors (Lipinski definition) is 1. The Morgan fingerprint density at radius 2 is 1.25 bits per heavy atom. The normalized spacial score (nSPS) is 14.9. The van der Waals surface area contributed by atoms with Gasteiger partial charge in [0.05, 0.1) is 5.52 Å². The van der Waals surface area contributed by atoms with Crippen LogP contribution in [0, 0.1) is 0 Å². The predicted molar refractivity (Wildman–Crippen MR) is 122 cm³/mol. The van der Waals surface area contributed by atoms with E-state index < -0.39 is 0 Å². The monoisotopic (exact) mass is 373 g/mol. The fourth-order valence-electron chi connectivity index (χ4n) is 3.66. The lowest BCUT2D eigenvalue weighted by Crippen LogP contribution is -2.18. The maximum absolute atomic E-state index is 4.96. The molecular weight excluding hydrogens is 338 g/mol. The lowest BCUT2D eigenvalue weighted by Gasteiger charge is -2.29. The van der Waals surface area contributed by atoms with Crippen molar-refractivity contribution in [3.8, 4) is 0 Å². The van der Waals surface area contributed by atoms with Crippen LogP contribution < -0.4 is 0 Å². The average Bonchev–Trinajstić information content (AvgIpc) is 2.64. The van der Waals surface area contributed by atoms with Gasteiger partial charge in [0.2, 0.25) is 0 Å². The van der Waals surface area contributed by atoms with E-state index in [1.54, 1.807) is 0 Å². The molecule has 0 aliphatic rings. The lowest BCUT2D eigenvalue weighted by atomic mass is 9.76. The highest BCUT2D eigenvalue weighted by molar-refractivity contribution is 5.78. The summed E-state index contributed by atoms with van der Waals surface area (Å²) >= 11 is 0. The van der Waals surface area contributed by atoms with Gasteiger partial charge in [-0.25, -0.2) is 0 Å². The van der Waals surface area contributed by atoms with Gasteiger partial charge in [0, 0.05) is 17.0 Å². The Morgan fingerprint density at radius 3 is 1.82 bits per heavy atom. The molecule has 0 saturated carbocycles. The summed E-state index contributed by atoms with van der Waals surface area (Å²) < 4.78 is 0. The van der Waals surface area contributed by atoms with Crippen LogP contribution in [0.25, 0.3) is 10.9 Å². The van der Waals surface area contributed by atoms with Crippen molar-refractivity contribution < 1.29 is 0 Å². The van der Waals surface area contributed by atoms with E-state index in [9.17, 15) is 0 Å². The van der Waals surface area contributed by atoms with E-state index in [1.807, 2.05) is 0 Å². The maximum Gasteiger partial charge on any atom is 0.0705 e. The molecule has 0 fully saturated rings. The third-order valence-electron chi connectivity index (χ3n) is 6.05. The predicted octanol–water partition coefficient (Wildman–Crippen LogP) is 7.74. The lowest BCUT2D eigenvalue weighted by molar-refractivity contribution is 0.557. The van der Waals surface area contributed by atoms with Crippen LogP contribution in [0.5, 0.6) is 0 Å². The van der Waals surface area contributed by atoms with E-state index in [4.69, 9.17) is 4.98 Å². The van der Waals surface area contributed by atoms with Crippen molar-refractivity contribution in [2.45, 2.75) is 78.1 Å². The smallest absolute Gasteiger partial charge is 0.0705 e. The van der Waals surface area contributed by atoms with Crippen LogP contribution in [0.4, 0.5) is 0 Å². The van der Waals surface area contributed by atoms with E-state index in [0.717, 1.165) is 5.52 Å². The Balaban J connectivity index is 2.03. The zero-order valence-electron chi connectivity index (χ0n) is 18.8. The Morgan fingerprint density at radius 1 is 0.679 bits per heavy atom. The Labute approximate surface area is 171 Å². The summed E-state index contributed by atoms with van der Waals surface area (Å²) in [6.45, 7) is 18.5. The minimum Gasteiger partial charge on any atom is -0.253 e. The topological polar surface area (TPSA) is 12.9 Å². The van der Waals surface area contributed by atoms with Crippen LogP contribution in [-0.2, 0) is 10.8 Å². The summed E-state index contributed by atoms with van der Waals surface area (Å²) in [6.07, 6.45) is 0.